The van der Waals surface area contributed by atoms with Crippen LogP contribution in [0.2, 0.25) is 0 Å². The average Bonchev–Trinajstić information content (AvgIpc) is 3.50. The highest BCUT2D eigenvalue weighted by Gasteiger charge is 2.23. The number of imidazole rings is 1. The first-order valence-electron chi connectivity index (χ1n) is 18.6. The van der Waals surface area contributed by atoms with Gasteiger partial charge < -0.3 is 5.11 Å². The number of phenolic OH excluding ortho intramolecular Hbond substituents is 1. The zero-order valence-electron chi connectivity index (χ0n) is 32.3. The van der Waals surface area contributed by atoms with E-state index in [9.17, 15) is 5.11 Å². The van der Waals surface area contributed by atoms with E-state index in [1.54, 1.807) is 6.07 Å². The first-order valence-corrected chi connectivity index (χ1v) is 18.6. The summed E-state index contributed by atoms with van der Waals surface area (Å²) in [4.78, 5) is 10.4. The van der Waals surface area contributed by atoms with Crippen molar-refractivity contribution in [3.63, 3.8) is 0 Å². The Hall–Kier alpha value is -5.22. The van der Waals surface area contributed by atoms with Gasteiger partial charge in [0, 0.05) is 28.4 Å². The largest absolute Gasteiger partial charge is 0.507 e. The van der Waals surface area contributed by atoms with Gasteiger partial charge in [-0.3, -0.25) is 9.55 Å². The molecule has 7 aromatic rings. The Morgan fingerprint density at radius 1 is 0.596 bits per heavy atom. The summed E-state index contributed by atoms with van der Waals surface area (Å²) in [6.07, 6.45) is 1.95. The molecule has 2 aromatic heterocycles. The Balaban J connectivity index is 1.47. The summed E-state index contributed by atoms with van der Waals surface area (Å²) in [6.45, 7) is 22.4. The van der Waals surface area contributed by atoms with Gasteiger partial charge >= 0.3 is 0 Å². The minimum atomic E-state index is -0.0248. The number of aromatic nitrogens is 3. The summed E-state index contributed by atoms with van der Waals surface area (Å²) in [6, 6.07) is 36.7. The molecule has 52 heavy (non-hydrogen) atoms. The van der Waals surface area contributed by atoms with E-state index < -0.39 is 0 Å². The number of pyridine rings is 1. The van der Waals surface area contributed by atoms with Crippen molar-refractivity contribution >= 4 is 21.9 Å². The summed E-state index contributed by atoms with van der Waals surface area (Å²) in [5, 5.41) is 12.5. The van der Waals surface area contributed by atoms with Gasteiger partial charge in [-0.15, -0.1) is 0 Å². The van der Waals surface area contributed by atoms with E-state index >= 15 is 0 Å². The number of para-hydroxylation sites is 1. The second-order valence-corrected chi connectivity index (χ2v) is 17.0. The molecule has 0 atom stereocenters. The molecule has 0 aliphatic heterocycles. The van der Waals surface area contributed by atoms with E-state index in [-0.39, 0.29) is 16.6 Å². The zero-order chi connectivity index (χ0) is 37.1. The van der Waals surface area contributed by atoms with Crippen LogP contribution in [0.4, 0.5) is 0 Å². The Morgan fingerprint density at radius 3 is 1.92 bits per heavy atom. The van der Waals surface area contributed by atoms with Crippen LogP contribution in [0.25, 0.3) is 61.3 Å². The molecule has 0 aliphatic rings. The van der Waals surface area contributed by atoms with Crippen molar-refractivity contribution in [2.45, 2.75) is 91.9 Å². The maximum atomic E-state index is 11.3. The highest BCUT2D eigenvalue weighted by molar-refractivity contribution is 5.99. The predicted octanol–water partition coefficient (Wildman–Crippen LogP) is 13.1. The van der Waals surface area contributed by atoms with Crippen molar-refractivity contribution in [1.29, 1.82) is 0 Å². The van der Waals surface area contributed by atoms with Crippen LogP contribution in [0.3, 0.4) is 0 Å². The number of hydrogen-bond donors (Lipinski definition) is 1. The van der Waals surface area contributed by atoms with Gasteiger partial charge in [0.2, 0.25) is 0 Å². The highest BCUT2D eigenvalue weighted by atomic mass is 16.3. The molecule has 4 nitrogen and oxygen atoms in total. The summed E-state index contributed by atoms with van der Waals surface area (Å²) in [5.74, 6) is 1.62. The van der Waals surface area contributed by atoms with E-state index in [4.69, 9.17) is 9.97 Å². The molecule has 0 fully saturated rings. The van der Waals surface area contributed by atoms with E-state index in [0.717, 1.165) is 61.4 Å². The van der Waals surface area contributed by atoms with Gasteiger partial charge in [0.15, 0.2) is 0 Å². The second-order valence-electron chi connectivity index (χ2n) is 17.0. The molecule has 0 saturated heterocycles. The van der Waals surface area contributed by atoms with Crippen LogP contribution < -0.4 is 0 Å². The summed E-state index contributed by atoms with van der Waals surface area (Å²) >= 11 is 0. The summed E-state index contributed by atoms with van der Waals surface area (Å²) in [7, 11) is 0. The number of nitrogens with zero attached hydrogens (tertiary/aromatic N) is 3. The smallest absolute Gasteiger partial charge is 0.149 e. The fourth-order valence-electron chi connectivity index (χ4n) is 7.26. The van der Waals surface area contributed by atoms with Gasteiger partial charge in [-0.1, -0.05) is 118 Å². The minimum absolute atomic E-state index is 0.0248. The third-order valence-corrected chi connectivity index (χ3v) is 10.5. The van der Waals surface area contributed by atoms with E-state index in [0.29, 0.717) is 11.8 Å². The molecule has 0 unspecified atom stereocenters. The van der Waals surface area contributed by atoms with E-state index in [1.165, 1.54) is 22.1 Å². The van der Waals surface area contributed by atoms with Gasteiger partial charge in [-0.05, 0) is 111 Å². The van der Waals surface area contributed by atoms with Crippen LogP contribution in [0, 0.1) is 0 Å². The first-order chi connectivity index (χ1) is 24.6. The molecule has 0 spiro atoms. The Morgan fingerprint density at radius 2 is 1.27 bits per heavy atom. The second kappa shape index (κ2) is 13.1. The van der Waals surface area contributed by atoms with E-state index in [1.807, 2.05) is 12.3 Å². The predicted molar refractivity (Wildman–Crippen MR) is 220 cm³/mol. The maximum absolute atomic E-state index is 11.3. The lowest BCUT2D eigenvalue weighted by molar-refractivity contribution is 0.476. The topological polar surface area (TPSA) is 50.9 Å². The van der Waals surface area contributed by atoms with Gasteiger partial charge in [-0.25, -0.2) is 4.98 Å². The molecule has 7 rings (SSSR count). The Kier molecular flexibility index (Phi) is 8.85. The molecular formula is C48H51N3O. The minimum Gasteiger partial charge on any atom is -0.507 e. The third-order valence-electron chi connectivity index (χ3n) is 10.5. The monoisotopic (exact) mass is 685 g/mol. The Labute approximate surface area is 309 Å². The lowest BCUT2D eigenvalue weighted by atomic mass is 9.82. The number of aromatic hydroxyl groups is 1. The summed E-state index contributed by atoms with van der Waals surface area (Å²) < 4.78 is 2.20. The van der Waals surface area contributed by atoms with Crippen LogP contribution in [0.15, 0.2) is 109 Å². The quantitative estimate of drug-likeness (QED) is 0.190. The molecule has 0 radical (unpaired) electrons. The first kappa shape index (κ1) is 35.2. The molecule has 5 aromatic carbocycles. The average molecular weight is 686 g/mol. The van der Waals surface area contributed by atoms with Gasteiger partial charge in [0.1, 0.15) is 11.6 Å². The van der Waals surface area contributed by atoms with Crippen LogP contribution >= 0.6 is 0 Å². The van der Waals surface area contributed by atoms with Crippen molar-refractivity contribution in [2.75, 3.05) is 0 Å². The SMILES string of the molecule is CC(C)c1ccc(O)c(-c2nc3c(-c4cccc(-c5cc(C(C)(C)C)cc6c(C(C)C)ccnc56)c4)cccc3n2-c2ccc(C(C)(C)C)cc2)c1. The summed E-state index contributed by atoms with van der Waals surface area (Å²) in [5.41, 5.74) is 14.0. The molecule has 0 bridgehead atoms. The fourth-order valence-corrected chi connectivity index (χ4v) is 7.26. The molecular weight excluding hydrogens is 635 g/mol. The van der Waals surface area contributed by atoms with Crippen LogP contribution in [-0.2, 0) is 10.8 Å². The molecule has 0 saturated carbocycles. The van der Waals surface area contributed by atoms with Crippen molar-refractivity contribution in [2.24, 2.45) is 0 Å². The van der Waals surface area contributed by atoms with Gasteiger partial charge in [0.25, 0.3) is 0 Å². The van der Waals surface area contributed by atoms with Gasteiger partial charge in [-0.2, -0.15) is 0 Å². The van der Waals surface area contributed by atoms with Crippen molar-refractivity contribution < 1.29 is 5.11 Å². The van der Waals surface area contributed by atoms with Crippen molar-refractivity contribution in [3.05, 3.63) is 132 Å². The maximum Gasteiger partial charge on any atom is 0.149 e. The fraction of sp³-hybridized carbons (Fsp3) is 0.292. The molecule has 264 valence electrons. The number of fused-ring (bicyclic) bond motifs is 2. The van der Waals surface area contributed by atoms with Crippen LogP contribution in [0.1, 0.15) is 103 Å². The lowest BCUT2D eigenvalue weighted by Gasteiger charge is -2.23. The number of benzene rings is 5. The number of hydrogen-bond acceptors (Lipinski definition) is 3. The molecule has 4 heteroatoms. The van der Waals surface area contributed by atoms with Crippen LogP contribution in [-0.4, -0.2) is 19.6 Å². The molecule has 2 heterocycles. The van der Waals surface area contributed by atoms with Crippen molar-refractivity contribution in [1.82, 2.24) is 14.5 Å². The Bertz CT molecular complexity index is 2430. The third kappa shape index (κ3) is 6.40. The normalized spacial score (nSPS) is 12.5. The number of phenols is 1. The molecule has 0 amide bonds. The molecule has 0 aliphatic carbocycles. The zero-order valence-corrected chi connectivity index (χ0v) is 32.3. The van der Waals surface area contributed by atoms with E-state index in [2.05, 4.69) is 165 Å². The molecule has 1 N–H and O–H groups in total. The standard InChI is InChI=1S/C48H51N3O/c1-29(2)31-17-22-43(52)41(26-31)46-50-45-38(15-12-16-42(45)51(46)36-20-18-34(19-21-36)47(5,6)7)32-13-11-14-33(25-32)39-27-35(48(8,9)10)28-40-37(30(3)4)23-24-49-44(39)40/h11-30,52H,1-10H3. The van der Waals surface area contributed by atoms with Crippen molar-refractivity contribution in [3.8, 4) is 45.1 Å². The highest BCUT2D eigenvalue weighted by Crippen LogP contribution is 2.41. The lowest BCUT2D eigenvalue weighted by Crippen LogP contribution is -2.11. The van der Waals surface area contributed by atoms with Crippen LogP contribution in [0.5, 0.6) is 5.75 Å². The number of rotatable bonds is 6. The van der Waals surface area contributed by atoms with Gasteiger partial charge in [0.05, 0.1) is 22.1 Å².